The van der Waals surface area contributed by atoms with Gasteiger partial charge in [-0.1, -0.05) is 76.1 Å². The van der Waals surface area contributed by atoms with Crippen LogP contribution in [0.3, 0.4) is 0 Å². The van der Waals surface area contributed by atoms with Crippen molar-refractivity contribution in [2.24, 2.45) is 0 Å². The zero-order valence-electron chi connectivity index (χ0n) is 11.5. The smallest absolute Gasteiger partial charge is 0.0661 e. The van der Waals surface area contributed by atoms with Crippen LogP contribution < -0.4 is 0 Å². The fraction of sp³-hybridized carbons (Fsp3) is 0.111. The summed E-state index contributed by atoms with van der Waals surface area (Å²) in [6, 6.07) is 20.9. The van der Waals surface area contributed by atoms with Crippen LogP contribution in [0.25, 0.3) is 10.8 Å². The first-order chi connectivity index (χ1) is 10.2. The van der Waals surface area contributed by atoms with E-state index >= 15 is 0 Å². The maximum Gasteiger partial charge on any atom is 0.0661 e. The summed E-state index contributed by atoms with van der Waals surface area (Å²) in [5.74, 6) is 0. The van der Waals surface area contributed by atoms with E-state index in [0.29, 0.717) is 0 Å². The van der Waals surface area contributed by atoms with Crippen LogP contribution >= 0.6 is 39.3 Å². The summed E-state index contributed by atoms with van der Waals surface area (Å²) in [5.41, 5.74) is 2.54. The Morgan fingerprint density at radius 3 is 2.29 bits per heavy atom. The number of hydrogen-bond donors (Lipinski definition) is 0. The van der Waals surface area contributed by atoms with Gasteiger partial charge in [-0.05, 0) is 34.9 Å². The van der Waals surface area contributed by atoms with Crippen LogP contribution in [-0.4, -0.2) is 6.26 Å². The standard InChI is InChI=1S/C18H14BrClS/c1-21-17-9-5-4-8-15(17)18(19)14-10-11-16(20)13-7-3-2-6-12(13)14/h2-11,18H,1H3. The van der Waals surface area contributed by atoms with Gasteiger partial charge in [-0.15, -0.1) is 11.8 Å². The quantitative estimate of drug-likeness (QED) is 0.361. The van der Waals surface area contributed by atoms with Gasteiger partial charge in [-0.2, -0.15) is 0 Å². The third kappa shape index (κ3) is 2.85. The van der Waals surface area contributed by atoms with Crippen LogP contribution in [0.15, 0.2) is 65.6 Å². The third-order valence-electron chi connectivity index (χ3n) is 3.59. The summed E-state index contributed by atoms with van der Waals surface area (Å²) < 4.78 is 0. The molecule has 0 radical (unpaired) electrons. The van der Waals surface area contributed by atoms with E-state index in [1.807, 2.05) is 12.1 Å². The second kappa shape index (κ2) is 6.43. The van der Waals surface area contributed by atoms with Gasteiger partial charge < -0.3 is 0 Å². The number of hydrogen-bond acceptors (Lipinski definition) is 1. The van der Waals surface area contributed by atoms with Crippen LogP contribution in [0.4, 0.5) is 0 Å². The van der Waals surface area contributed by atoms with Crippen LogP contribution in [0, 0.1) is 0 Å². The number of thioether (sulfide) groups is 1. The Bertz CT molecular complexity index is 785. The van der Waals surface area contributed by atoms with Crippen LogP contribution in [0.2, 0.25) is 5.02 Å². The van der Waals surface area contributed by atoms with Crippen molar-refractivity contribution in [3.8, 4) is 0 Å². The summed E-state index contributed by atoms with van der Waals surface area (Å²) >= 11 is 12.0. The lowest BCUT2D eigenvalue weighted by Crippen LogP contribution is -1.96. The summed E-state index contributed by atoms with van der Waals surface area (Å²) in [5, 5.41) is 3.10. The van der Waals surface area contributed by atoms with Gasteiger partial charge in [-0.3, -0.25) is 0 Å². The van der Waals surface area contributed by atoms with E-state index in [9.17, 15) is 0 Å². The van der Waals surface area contributed by atoms with Gasteiger partial charge in [-0.25, -0.2) is 0 Å². The highest BCUT2D eigenvalue weighted by Crippen LogP contribution is 2.40. The predicted molar refractivity (Wildman–Crippen MR) is 98.0 cm³/mol. The van der Waals surface area contributed by atoms with Crippen molar-refractivity contribution < 1.29 is 0 Å². The molecule has 0 aliphatic heterocycles. The minimum absolute atomic E-state index is 0.156. The molecule has 0 fully saturated rings. The average Bonchev–Trinajstić information content (AvgIpc) is 2.55. The van der Waals surface area contributed by atoms with Gasteiger partial charge in [0, 0.05) is 15.3 Å². The minimum atomic E-state index is 0.156. The predicted octanol–water partition coefficient (Wildman–Crippen LogP) is 6.70. The Morgan fingerprint density at radius 1 is 0.857 bits per heavy atom. The van der Waals surface area contributed by atoms with Crippen molar-refractivity contribution >= 4 is 50.1 Å². The molecule has 0 aromatic heterocycles. The molecule has 0 saturated heterocycles. The van der Waals surface area contributed by atoms with E-state index in [2.05, 4.69) is 70.7 Å². The molecule has 0 bridgehead atoms. The molecule has 3 heteroatoms. The largest absolute Gasteiger partial charge is 0.129 e. The molecule has 0 amide bonds. The molecular weight excluding hydrogens is 364 g/mol. The molecular formula is C18H14BrClS. The number of fused-ring (bicyclic) bond motifs is 1. The SMILES string of the molecule is CSc1ccccc1C(Br)c1ccc(Cl)c2ccccc12. The van der Waals surface area contributed by atoms with E-state index in [1.54, 1.807) is 11.8 Å². The normalized spacial score (nSPS) is 12.5. The Labute approximate surface area is 142 Å². The first-order valence-electron chi connectivity index (χ1n) is 6.66. The molecule has 21 heavy (non-hydrogen) atoms. The fourth-order valence-electron chi connectivity index (χ4n) is 2.55. The van der Waals surface area contributed by atoms with Gasteiger partial charge in [0.25, 0.3) is 0 Å². The monoisotopic (exact) mass is 376 g/mol. The molecule has 3 aromatic rings. The van der Waals surface area contributed by atoms with Crippen LogP contribution in [0.1, 0.15) is 16.0 Å². The molecule has 1 unspecified atom stereocenters. The summed E-state index contributed by atoms with van der Waals surface area (Å²) in [7, 11) is 0. The van der Waals surface area contributed by atoms with Crippen molar-refractivity contribution in [2.75, 3.05) is 6.26 Å². The highest BCUT2D eigenvalue weighted by molar-refractivity contribution is 9.09. The lowest BCUT2D eigenvalue weighted by molar-refractivity contribution is 1.13. The number of halogens is 2. The lowest BCUT2D eigenvalue weighted by atomic mass is 9.98. The Hall–Kier alpha value is -0.960. The molecule has 0 N–H and O–H groups in total. The fourth-order valence-corrected chi connectivity index (χ4v) is 4.36. The van der Waals surface area contributed by atoms with Crippen molar-refractivity contribution in [1.29, 1.82) is 0 Å². The van der Waals surface area contributed by atoms with Gasteiger partial charge >= 0.3 is 0 Å². The molecule has 106 valence electrons. The topological polar surface area (TPSA) is 0 Å². The molecule has 0 nitrogen and oxygen atoms in total. The van der Waals surface area contributed by atoms with E-state index in [-0.39, 0.29) is 4.83 Å². The van der Waals surface area contributed by atoms with Crippen molar-refractivity contribution in [3.63, 3.8) is 0 Å². The molecule has 0 spiro atoms. The number of rotatable bonds is 3. The second-order valence-corrected chi connectivity index (χ2v) is 6.96. The van der Waals surface area contributed by atoms with E-state index < -0.39 is 0 Å². The average molecular weight is 378 g/mol. The maximum atomic E-state index is 6.32. The zero-order valence-corrected chi connectivity index (χ0v) is 14.7. The Kier molecular flexibility index (Phi) is 4.58. The van der Waals surface area contributed by atoms with Crippen molar-refractivity contribution in [3.05, 3.63) is 76.8 Å². The first-order valence-corrected chi connectivity index (χ1v) is 9.18. The summed E-state index contributed by atoms with van der Waals surface area (Å²) in [6.45, 7) is 0. The highest BCUT2D eigenvalue weighted by Gasteiger charge is 2.17. The van der Waals surface area contributed by atoms with Crippen LogP contribution in [-0.2, 0) is 0 Å². The molecule has 0 aliphatic carbocycles. The van der Waals surface area contributed by atoms with Gasteiger partial charge in [0.15, 0.2) is 0 Å². The van der Waals surface area contributed by atoms with Gasteiger partial charge in [0.05, 0.1) is 4.83 Å². The zero-order chi connectivity index (χ0) is 14.8. The first kappa shape index (κ1) is 15.0. The highest BCUT2D eigenvalue weighted by atomic mass is 79.9. The maximum absolute atomic E-state index is 6.32. The van der Waals surface area contributed by atoms with E-state index in [1.165, 1.54) is 21.4 Å². The molecule has 1 atom stereocenters. The Morgan fingerprint density at radius 2 is 1.52 bits per heavy atom. The molecule has 3 rings (SSSR count). The second-order valence-electron chi connectivity index (χ2n) is 4.79. The van der Waals surface area contributed by atoms with E-state index in [0.717, 1.165) is 10.4 Å². The van der Waals surface area contributed by atoms with Crippen LogP contribution in [0.5, 0.6) is 0 Å². The lowest BCUT2D eigenvalue weighted by Gasteiger charge is -2.17. The molecule has 0 saturated carbocycles. The molecule has 3 aromatic carbocycles. The summed E-state index contributed by atoms with van der Waals surface area (Å²) in [4.78, 5) is 1.45. The Balaban J connectivity index is 2.18. The minimum Gasteiger partial charge on any atom is -0.129 e. The molecule has 0 heterocycles. The third-order valence-corrected chi connectivity index (χ3v) is 5.72. The van der Waals surface area contributed by atoms with E-state index in [4.69, 9.17) is 11.6 Å². The summed E-state index contributed by atoms with van der Waals surface area (Å²) in [6.07, 6.45) is 2.11. The van der Waals surface area contributed by atoms with Gasteiger partial charge in [0.1, 0.15) is 0 Å². The van der Waals surface area contributed by atoms with Gasteiger partial charge in [0.2, 0.25) is 0 Å². The number of alkyl halides is 1. The number of benzene rings is 3. The molecule has 0 aliphatic rings. The van der Waals surface area contributed by atoms with Crippen molar-refractivity contribution in [1.82, 2.24) is 0 Å². The van der Waals surface area contributed by atoms with Crippen molar-refractivity contribution in [2.45, 2.75) is 9.72 Å².